The average molecular weight is 428 g/mol. The fraction of sp³-hybridized carbons (Fsp3) is 0.250. The topological polar surface area (TPSA) is 123 Å². The van der Waals surface area contributed by atoms with Crippen LogP contribution in [0.4, 0.5) is 17.6 Å². The van der Waals surface area contributed by atoms with E-state index >= 15 is 0 Å². The van der Waals surface area contributed by atoms with Gasteiger partial charge in [0.2, 0.25) is 5.95 Å². The van der Waals surface area contributed by atoms with Gasteiger partial charge in [-0.25, -0.2) is 9.97 Å². The molecule has 162 valence electrons. The predicted octanol–water partition coefficient (Wildman–Crippen LogP) is 2.14. The van der Waals surface area contributed by atoms with Crippen molar-refractivity contribution in [2.75, 3.05) is 29.5 Å². The van der Waals surface area contributed by atoms with Gasteiger partial charge in [0.05, 0.1) is 11.3 Å². The quantitative estimate of drug-likeness (QED) is 0.547. The lowest BCUT2D eigenvalue weighted by atomic mass is 10.0. The van der Waals surface area contributed by atoms with Crippen molar-refractivity contribution in [3.05, 3.63) is 71.0 Å². The third kappa shape index (κ3) is 4.95. The molecular weight excluding hydrogens is 402 g/mol. The van der Waals surface area contributed by atoms with E-state index in [9.17, 15) is 4.79 Å². The lowest BCUT2D eigenvalue weighted by Gasteiger charge is -2.34. The number of aryl methyl sites for hydroxylation is 1. The van der Waals surface area contributed by atoms with Gasteiger partial charge in [0.25, 0.3) is 5.91 Å². The summed E-state index contributed by atoms with van der Waals surface area (Å²) in [5, 5.41) is 3.14. The molecular formula is C24H25N7O. The third-order valence-electron chi connectivity index (χ3n) is 5.30. The summed E-state index contributed by atoms with van der Waals surface area (Å²) in [7, 11) is 0. The number of anilines is 3. The van der Waals surface area contributed by atoms with Crippen LogP contribution >= 0.6 is 0 Å². The van der Waals surface area contributed by atoms with Crippen molar-refractivity contribution >= 4 is 23.5 Å². The summed E-state index contributed by atoms with van der Waals surface area (Å²) in [6.07, 6.45) is 3.44. The van der Waals surface area contributed by atoms with Crippen LogP contribution in [0.5, 0.6) is 0 Å². The Morgan fingerprint density at radius 1 is 1.12 bits per heavy atom. The fourth-order valence-electron chi connectivity index (χ4n) is 3.71. The SMILES string of the molecule is Cc1nc(N)nc(N2CCCC(NC(=O)c3ccccc3)C2)c1C#Cc1ccc(N)nc1. The number of hydrogen-bond acceptors (Lipinski definition) is 7. The molecule has 1 aliphatic rings. The minimum absolute atomic E-state index is 0.00457. The molecule has 8 nitrogen and oxygen atoms in total. The first-order valence-electron chi connectivity index (χ1n) is 10.5. The van der Waals surface area contributed by atoms with Crippen LogP contribution in [-0.2, 0) is 0 Å². The summed E-state index contributed by atoms with van der Waals surface area (Å²) in [5.74, 6) is 7.54. The molecule has 3 aromatic rings. The van der Waals surface area contributed by atoms with E-state index in [4.69, 9.17) is 11.5 Å². The highest BCUT2D eigenvalue weighted by molar-refractivity contribution is 5.94. The second-order valence-electron chi connectivity index (χ2n) is 7.71. The van der Waals surface area contributed by atoms with Gasteiger partial charge in [0, 0.05) is 36.5 Å². The zero-order valence-electron chi connectivity index (χ0n) is 17.9. The number of rotatable bonds is 3. The number of piperidine rings is 1. The first kappa shape index (κ1) is 21.1. The molecule has 0 saturated carbocycles. The van der Waals surface area contributed by atoms with Crippen molar-refractivity contribution in [3.8, 4) is 11.8 Å². The molecule has 1 amide bonds. The highest BCUT2D eigenvalue weighted by atomic mass is 16.1. The Labute approximate surface area is 187 Å². The van der Waals surface area contributed by atoms with Gasteiger partial charge in [0.15, 0.2) is 0 Å². The van der Waals surface area contributed by atoms with Gasteiger partial charge in [0.1, 0.15) is 11.6 Å². The average Bonchev–Trinajstić information content (AvgIpc) is 2.80. The number of nitrogen functional groups attached to an aromatic ring is 2. The van der Waals surface area contributed by atoms with Gasteiger partial charge >= 0.3 is 0 Å². The zero-order chi connectivity index (χ0) is 22.5. The first-order valence-corrected chi connectivity index (χ1v) is 10.5. The Morgan fingerprint density at radius 3 is 2.69 bits per heavy atom. The van der Waals surface area contributed by atoms with Gasteiger partial charge in [-0.05, 0) is 44.0 Å². The molecule has 1 unspecified atom stereocenters. The van der Waals surface area contributed by atoms with Crippen LogP contribution in [0.3, 0.4) is 0 Å². The summed E-state index contributed by atoms with van der Waals surface area (Å²) in [5.41, 5.74) is 14.4. The highest BCUT2D eigenvalue weighted by Gasteiger charge is 2.25. The van der Waals surface area contributed by atoms with E-state index in [0.29, 0.717) is 35.0 Å². The molecule has 0 spiro atoms. The van der Waals surface area contributed by atoms with E-state index < -0.39 is 0 Å². The second kappa shape index (κ2) is 9.35. The molecule has 4 rings (SSSR count). The van der Waals surface area contributed by atoms with Crippen molar-refractivity contribution in [2.45, 2.75) is 25.8 Å². The molecule has 0 aliphatic carbocycles. The van der Waals surface area contributed by atoms with Gasteiger partial charge in [-0.2, -0.15) is 4.98 Å². The van der Waals surface area contributed by atoms with Gasteiger partial charge < -0.3 is 21.7 Å². The fourth-order valence-corrected chi connectivity index (χ4v) is 3.71. The Kier molecular flexibility index (Phi) is 6.17. The number of benzene rings is 1. The Hall–Kier alpha value is -4.12. The summed E-state index contributed by atoms with van der Waals surface area (Å²) < 4.78 is 0. The second-order valence-corrected chi connectivity index (χ2v) is 7.71. The maximum Gasteiger partial charge on any atom is 0.251 e. The van der Waals surface area contributed by atoms with E-state index in [1.54, 1.807) is 12.3 Å². The first-order chi connectivity index (χ1) is 15.5. The van der Waals surface area contributed by atoms with Gasteiger partial charge in [-0.3, -0.25) is 4.79 Å². The predicted molar refractivity (Wildman–Crippen MR) is 125 cm³/mol. The molecule has 0 radical (unpaired) electrons. The summed E-state index contributed by atoms with van der Waals surface area (Å²) in [6, 6.07) is 12.8. The van der Waals surface area contributed by atoms with Crippen LogP contribution in [0, 0.1) is 18.8 Å². The summed E-state index contributed by atoms with van der Waals surface area (Å²) >= 11 is 0. The van der Waals surface area contributed by atoms with Crippen LogP contribution in [-0.4, -0.2) is 40.0 Å². The maximum absolute atomic E-state index is 12.6. The number of nitrogens with two attached hydrogens (primary N) is 2. The van der Waals surface area contributed by atoms with E-state index in [1.807, 2.05) is 43.3 Å². The van der Waals surface area contributed by atoms with Crippen molar-refractivity contribution < 1.29 is 4.79 Å². The molecule has 8 heteroatoms. The maximum atomic E-state index is 12.6. The molecule has 1 aromatic carbocycles. The molecule has 2 aromatic heterocycles. The Balaban J connectivity index is 1.57. The van der Waals surface area contributed by atoms with Crippen molar-refractivity contribution in [1.29, 1.82) is 0 Å². The summed E-state index contributed by atoms with van der Waals surface area (Å²) in [4.78, 5) is 27.6. The monoisotopic (exact) mass is 427 g/mol. The molecule has 5 N–H and O–H groups in total. The third-order valence-corrected chi connectivity index (χ3v) is 5.30. The number of aromatic nitrogens is 3. The normalized spacial score (nSPS) is 15.5. The molecule has 32 heavy (non-hydrogen) atoms. The van der Waals surface area contributed by atoms with Crippen LogP contribution < -0.4 is 21.7 Å². The molecule has 3 heterocycles. The van der Waals surface area contributed by atoms with E-state index in [2.05, 4.69) is 37.0 Å². The van der Waals surface area contributed by atoms with E-state index in [0.717, 1.165) is 24.9 Å². The number of carbonyl (C=O) groups excluding carboxylic acids is 1. The molecule has 0 bridgehead atoms. The van der Waals surface area contributed by atoms with Crippen molar-refractivity contribution in [2.24, 2.45) is 0 Å². The number of carbonyl (C=O) groups is 1. The molecule has 1 aliphatic heterocycles. The molecule has 1 fully saturated rings. The number of hydrogen-bond donors (Lipinski definition) is 3. The van der Waals surface area contributed by atoms with Gasteiger partial charge in [-0.15, -0.1) is 0 Å². The largest absolute Gasteiger partial charge is 0.384 e. The van der Waals surface area contributed by atoms with Crippen LogP contribution in [0.2, 0.25) is 0 Å². The summed E-state index contributed by atoms with van der Waals surface area (Å²) in [6.45, 7) is 3.28. The van der Waals surface area contributed by atoms with Crippen LogP contribution in [0.1, 0.15) is 40.0 Å². The van der Waals surface area contributed by atoms with Crippen LogP contribution in [0.15, 0.2) is 48.7 Å². The number of pyridine rings is 1. The van der Waals surface area contributed by atoms with Crippen LogP contribution in [0.25, 0.3) is 0 Å². The number of amides is 1. The van der Waals surface area contributed by atoms with Gasteiger partial charge in [-0.1, -0.05) is 30.0 Å². The lowest BCUT2D eigenvalue weighted by Crippen LogP contribution is -2.48. The molecule has 1 saturated heterocycles. The Bertz CT molecular complexity index is 1170. The Morgan fingerprint density at radius 2 is 1.94 bits per heavy atom. The smallest absolute Gasteiger partial charge is 0.251 e. The van der Waals surface area contributed by atoms with Crippen molar-refractivity contribution in [1.82, 2.24) is 20.3 Å². The lowest BCUT2D eigenvalue weighted by molar-refractivity contribution is 0.0933. The highest BCUT2D eigenvalue weighted by Crippen LogP contribution is 2.24. The zero-order valence-corrected chi connectivity index (χ0v) is 17.9. The molecule has 1 atom stereocenters. The number of nitrogens with one attached hydrogen (secondary N) is 1. The minimum atomic E-state index is -0.0771. The van der Waals surface area contributed by atoms with E-state index in [1.165, 1.54) is 0 Å². The minimum Gasteiger partial charge on any atom is -0.384 e. The van der Waals surface area contributed by atoms with E-state index in [-0.39, 0.29) is 17.9 Å². The number of nitrogens with zero attached hydrogens (tertiary/aromatic N) is 4. The standard InChI is InChI=1S/C24H25N7O/c1-16-20(11-9-17-10-12-21(25)27-14-17)22(30-24(26)28-16)31-13-5-8-19(15-31)29-23(32)18-6-3-2-4-7-18/h2-4,6-7,10,12,14,19H,5,8,13,15H2,1H3,(H2,25,27)(H,29,32)(H2,26,28,30). The van der Waals surface area contributed by atoms with Crippen molar-refractivity contribution in [3.63, 3.8) is 0 Å².